The Balaban J connectivity index is 2.31. The maximum atomic E-state index is 12.9. The van der Waals surface area contributed by atoms with Crippen LogP contribution in [0.25, 0.3) is 10.9 Å². The number of hydrogen-bond acceptors (Lipinski definition) is 4. The van der Waals surface area contributed by atoms with Gasteiger partial charge < -0.3 is 5.32 Å². The van der Waals surface area contributed by atoms with Crippen LogP contribution in [0.15, 0.2) is 34.2 Å². The predicted octanol–water partition coefficient (Wildman–Crippen LogP) is 3.21. The number of fused-ring (bicyclic) bond motifs is 1. The number of aromatic nitrogens is 2. The molecule has 0 fully saturated rings. The van der Waals surface area contributed by atoms with E-state index in [0.29, 0.717) is 22.6 Å². The molecule has 1 amide bonds. The Hall–Kier alpha value is -2.26. The normalized spacial score (nSPS) is 11.9. The highest BCUT2D eigenvalue weighted by atomic mass is 32.2. The van der Waals surface area contributed by atoms with Crippen molar-refractivity contribution in [3.8, 4) is 12.3 Å². The fraction of sp³-hybridized carbons (Fsp3) is 0.450. The number of terminal acetylenes is 1. The van der Waals surface area contributed by atoms with Gasteiger partial charge in [0, 0.05) is 6.54 Å². The van der Waals surface area contributed by atoms with Crippen LogP contribution in [-0.2, 0) is 11.3 Å². The molecule has 2 aromatic rings. The first-order chi connectivity index (χ1) is 12.6. The van der Waals surface area contributed by atoms with E-state index in [0.717, 1.165) is 25.7 Å². The first kappa shape index (κ1) is 20.1. The Labute approximate surface area is 158 Å². The first-order valence-electron chi connectivity index (χ1n) is 8.95. The van der Waals surface area contributed by atoms with Crippen LogP contribution in [0.4, 0.5) is 0 Å². The molecule has 5 nitrogen and oxygen atoms in total. The molecule has 0 aliphatic rings. The van der Waals surface area contributed by atoms with Crippen LogP contribution in [0.1, 0.15) is 39.5 Å². The van der Waals surface area contributed by atoms with Gasteiger partial charge >= 0.3 is 0 Å². The third kappa shape index (κ3) is 5.12. The summed E-state index contributed by atoms with van der Waals surface area (Å²) in [6.45, 7) is 4.75. The van der Waals surface area contributed by atoms with Gasteiger partial charge in [-0.3, -0.25) is 14.2 Å². The first-order valence-corrected chi connectivity index (χ1v) is 9.83. The summed E-state index contributed by atoms with van der Waals surface area (Å²) in [5, 5.41) is 3.47. The van der Waals surface area contributed by atoms with E-state index in [1.165, 1.54) is 11.8 Å². The number of hydrogen-bond donors (Lipinski definition) is 1. The third-order valence-electron chi connectivity index (χ3n) is 4.08. The molecule has 0 bridgehead atoms. The lowest BCUT2D eigenvalue weighted by atomic mass is 10.2. The summed E-state index contributed by atoms with van der Waals surface area (Å²) in [6, 6.07) is 7.32. The van der Waals surface area contributed by atoms with Crippen LogP contribution in [0.3, 0.4) is 0 Å². The molecule has 1 heterocycles. The summed E-state index contributed by atoms with van der Waals surface area (Å²) < 4.78 is 1.70. The number of para-hydroxylation sites is 1. The number of nitrogens with zero attached hydrogens (tertiary/aromatic N) is 2. The van der Waals surface area contributed by atoms with Gasteiger partial charge in [0.15, 0.2) is 5.16 Å². The zero-order chi connectivity index (χ0) is 18.9. The number of carbonyl (C=O) groups excluding carboxylic acids is 1. The molecule has 1 aromatic heterocycles. The molecular weight excluding hydrogens is 346 g/mol. The van der Waals surface area contributed by atoms with E-state index in [9.17, 15) is 9.59 Å². The average molecular weight is 372 g/mol. The smallest absolute Gasteiger partial charge is 0.262 e. The van der Waals surface area contributed by atoms with E-state index in [1.807, 2.05) is 18.2 Å². The van der Waals surface area contributed by atoms with Crippen molar-refractivity contribution < 1.29 is 4.79 Å². The van der Waals surface area contributed by atoms with Crippen LogP contribution in [-0.4, -0.2) is 27.3 Å². The lowest BCUT2D eigenvalue weighted by Crippen LogP contribution is -2.32. The van der Waals surface area contributed by atoms with Crippen molar-refractivity contribution in [1.82, 2.24) is 14.9 Å². The van der Waals surface area contributed by atoms with Gasteiger partial charge in [-0.15, -0.1) is 6.42 Å². The second-order valence-corrected chi connectivity index (χ2v) is 7.42. The predicted molar refractivity (Wildman–Crippen MR) is 107 cm³/mol. The third-order valence-corrected chi connectivity index (χ3v) is 5.17. The molecule has 1 atom stereocenters. The summed E-state index contributed by atoms with van der Waals surface area (Å²) in [5.41, 5.74) is 0.604. The topological polar surface area (TPSA) is 64.0 Å². The van der Waals surface area contributed by atoms with Gasteiger partial charge in [0.05, 0.1) is 22.7 Å². The summed E-state index contributed by atoms with van der Waals surface area (Å²) in [4.78, 5) is 29.7. The fourth-order valence-corrected chi connectivity index (χ4v) is 3.58. The number of benzene rings is 1. The lowest BCUT2D eigenvalue weighted by molar-refractivity contribution is -0.120. The second-order valence-electron chi connectivity index (χ2n) is 6.11. The molecule has 26 heavy (non-hydrogen) atoms. The number of rotatable bonds is 9. The number of amides is 1. The monoisotopic (exact) mass is 371 g/mol. The minimum atomic E-state index is -0.390. The average Bonchev–Trinajstić information content (AvgIpc) is 2.65. The molecule has 1 aromatic carbocycles. The minimum Gasteiger partial charge on any atom is -0.344 e. The standard InChI is InChI=1S/C20H25N3O2S/c1-4-6-7-10-14-23-19(25)16-11-8-9-12-17(16)22-20(23)26-15(3)18(24)21-13-5-2/h2,8-9,11-12,15H,4,6-7,10,13-14H2,1,3H3,(H,21,24). The molecule has 0 radical (unpaired) electrons. The maximum absolute atomic E-state index is 12.9. The molecular formula is C20H25N3O2S. The molecule has 6 heteroatoms. The highest BCUT2D eigenvalue weighted by Gasteiger charge is 2.18. The van der Waals surface area contributed by atoms with E-state index < -0.39 is 5.25 Å². The van der Waals surface area contributed by atoms with Gasteiger partial charge in [-0.1, -0.05) is 56.0 Å². The SMILES string of the molecule is C#CCNC(=O)C(C)Sc1nc2ccccc2c(=O)n1CCCCCC. The van der Waals surface area contributed by atoms with Gasteiger partial charge in [-0.05, 0) is 25.5 Å². The van der Waals surface area contributed by atoms with Gasteiger partial charge in [0.25, 0.3) is 5.56 Å². The van der Waals surface area contributed by atoms with Crippen LogP contribution < -0.4 is 10.9 Å². The van der Waals surface area contributed by atoms with E-state index >= 15 is 0 Å². The van der Waals surface area contributed by atoms with Crippen molar-refractivity contribution in [1.29, 1.82) is 0 Å². The second kappa shape index (κ2) is 10.0. The van der Waals surface area contributed by atoms with E-state index in [2.05, 4.69) is 23.1 Å². The van der Waals surface area contributed by atoms with Crippen molar-refractivity contribution in [2.75, 3.05) is 6.54 Å². The maximum Gasteiger partial charge on any atom is 0.262 e. The van der Waals surface area contributed by atoms with E-state index in [4.69, 9.17) is 6.42 Å². The number of thioether (sulfide) groups is 1. The van der Waals surface area contributed by atoms with Crippen LogP contribution in [0.5, 0.6) is 0 Å². The van der Waals surface area contributed by atoms with Crippen molar-refractivity contribution in [2.45, 2.75) is 56.5 Å². The Bertz CT molecular complexity index is 854. The number of unbranched alkanes of at least 4 members (excludes halogenated alkanes) is 3. The van der Waals surface area contributed by atoms with Crippen LogP contribution >= 0.6 is 11.8 Å². The van der Waals surface area contributed by atoms with Crippen molar-refractivity contribution in [3.63, 3.8) is 0 Å². The number of nitrogens with one attached hydrogen (secondary N) is 1. The molecule has 138 valence electrons. The van der Waals surface area contributed by atoms with Crippen molar-refractivity contribution in [2.24, 2.45) is 0 Å². The molecule has 2 rings (SSSR count). The van der Waals surface area contributed by atoms with E-state index in [1.54, 1.807) is 17.6 Å². The van der Waals surface area contributed by atoms with Crippen LogP contribution in [0.2, 0.25) is 0 Å². The number of carbonyl (C=O) groups is 1. The zero-order valence-corrected chi connectivity index (χ0v) is 16.1. The zero-order valence-electron chi connectivity index (χ0n) is 15.3. The quantitative estimate of drug-likeness (QED) is 0.318. The summed E-state index contributed by atoms with van der Waals surface area (Å²) >= 11 is 1.29. The van der Waals surface area contributed by atoms with Gasteiger partial charge in [0.2, 0.25) is 5.91 Å². The van der Waals surface area contributed by atoms with Gasteiger partial charge in [-0.25, -0.2) is 4.98 Å². The summed E-state index contributed by atoms with van der Waals surface area (Å²) in [6.07, 6.45) is 9.45. The lowest BCUT2D eigenvalue weighted by Gasteiger charge is -2.16. The Morgan fingerprint density at radius 3 is 2.85 bits per heavy atom. The Morgan fingerprint density at radius 1 is 1.35 bits per heavy atom. The van der Waals surface area contributed by atoms with Gasteiger partial charge in [-0.2, -0.15) is 0 Å². The molecule has 1 N–H and O–H groups in total. The molecule has 0 saturated carbocycles. The molecule has 0 saturated heterocycles. The van der Waals surface area contributed by atoms with Crippen LogP contribution in [0, 0.1) is 12.3 Å². The largest absolute Gasteiger partial charge is 0.344 e. The summed E-state index contributed by atoms with van der Waals surface area (Å²) in [5.74, 6) is 2.23. The fourth-order valence-electron chi connectivity index (χ4n) is 2.63. The van der Waals surface area contributed by atoms with Gasteiger partial charge in [0.1, 0.15) is 0 Å². The van der Waals surface area contributed by atoms with Crippen molar-refractivity contribution >= 4 is 28.6 Å². The van der Waals surface area contributed by atoms with Crippen molar-refractivity contribution in [3.05, 3.63) is 34.6 Å². The van der Waals surface area contributed by atoms with E-state index in [-0.39, 0.29) is 18.0 Å². The highest BCUT2D eigenvalue weighted by molar-refractivity contribution is 8.00. The Kier molecular flexibility index (Phi) is 7.73. The minimum absolute atomic E-state index is 0.0502. The molecule has 1 unspecified atom stereocenters. The summed E-state index contributed by atoms with van der Waals surface area (Å²) in [7, 11) is 0. The Morgan fingerprint density at radius 2 is 2.12 bits per heavy atom. The highest BCUT2D eigenvalue weighted by Crippen LogP contribution is 2.23. The molecule has 0 aliphatic heterocycles. The molecule has 0 aliphatic carbocycles. The molecule has 0 spiro atoms.